The molecule has 1 saturated carbocycles. The van der Waals surface area contributed by atoms with Gasteiger partial charge in [-0.15, -0.1) is 6.92 Å². The van der Waals surface area contributed by atoms with Gasteiger partial charge >= 0.3 is 26.2 Å². The molecule has 0 bridgehead atoms. The molecule has 0 saturated heterocycles. The van der Waals surface area contributed by atoms with E-state index in [4.69, 9.17) is 5.73 Å². The van der Waals surface area contributed by atoms with Crippen LogP contribution in [-0.4, -0.2) is 15.4 Å². The zero-order valence-corrected chi connectivity index (χ0v) is 25.1. The Bertz CT molecular complexity index is 829. The van der Waals surface area contributed by atoms with E-state index in [0.29, 0.717) is 5.92 Å². The van der Waals surface area contributed by atoms with Gasteiger partial charge in [-0.25, -0.2) is 5.57 Å². The standard InChI is InChI=1S/C12H11Si.C9H13.C6H11NO.2ClH.Zr/c1-3-7-11(8-4-1)13-12-9-5-2-6-10-12;1-6-5-7(2)9(4)8(6)3;7-6(8)5-3-1-2-4-5;;;/h1-10,13H;6H,1-4H3;5H,1-4H2,(H2,7,8);2*1H;/q;-1;;;;+4/p-3. The Balaban J connectivity index is 0. The van der Waals surface area contributed by atoms with E-state index in [1.807, 2.05) is 0 Å². The monoisotopic (exact) mass is 576 g/mol. The maximum atomic E-state index is 10.3. The molecular formula is C27H34Cl2NOSiZr. The first kappa shape index (κ1) is 34.2. The number of carbonyl (C=O) groups is 1. The molecular weight excluding hydrogens is 545 g/mol. The van der Waals surface area contributed by atoms with Gasteiger partial charge in [-0.1, -0.05) is 111 Å². The number of allylic oxidation sites excluding steroid dienone is 4. The van der Waals surface area contributed by atoms with E-state index in [1.165, 1.54) is 27.1 Å². The first-order valence-corrected chi connectivity index (χ1v) is 12.0. The molecule has 2 nitrogen and oxygen atoms in total. The van der Waals surface area contributed by atoms with Crippen LogP contribution < -0.4 is 35.2 Å². The molecule has 2 aromatic carbocycles. The van der Waals surface area contributed by atoms with Crippen molar-refractivity contribution in [3.8, 4) is 0 Å². The van der Waals surface area contributed by atoms with Crippen molar-refractivity contribution in [3.63, 3.8) is 0 Å². The summed E-state index contributed by atoms with van der Waals surface area (Å²) in [5.41, 5.74) is 11.0. The first-order chi connectivity index (χ1) is 14.4. The quantitative estimate of drug-likeness (QED) is 0.360. The minimum atomic E-state index is -0.359. The summed E-state index contributed by atoms with van der Waals surface area (Å²) in [6, 6.07) is 21.3. The van der Waals surface area contributed by atoms with Crippen LogP contribution in [0.25, 0.3) is 5.73 Å². The smallest absolute Gasteiger partial charge is 1.00 e. The molecule has 0 spiro atoms. The summed E-state index contributed by atoms with van der Waals surface area (Å²) in [5, 5.41) is 2.90. The van der Waals surface area contributed by atoms with Gasteiger partial charge in [0.15, 0.2) is 0 Å². The van der Waals surface area contributed by atoms with Crippen molar-refractivity contribution in [1.29, 1.82) is 0 Å². The average molecular weight is 579 g/mol. The second kappa shape index (κ2) is 18.4. The van der Waals surface area contributed by atoms with E-state index < -0.39 is 0 Å². The molecule has 2 aromatic rings. The maximum absolute atomic E-state index is 10.3. The maximum Gasteiger partial charge on any atom is 4.00 e. The summed E-state index contributed by atoms with van der Waals surface area (Å²) in [6.07, 6.45) is 7.58. The Morgan fingerprint density at radius 3 is 1.55 bits per heavy atom. The molecule has 2 aliphatic carbocycles. The molecule has 0 aromatic heterocycles. The molecule has 1 unspecified atom stereocenters. The van der Waals surface area contributed by atoms with Crippen molar-refractivity contribution >= 4 is 25.8 Å². The van der Waals surface area contributed by atoms with Crippen molar-refractivity contribution in [2.75, 3.05) is 0 Å². The van der Waals surface area contributed by atoms with Crippen LogP contribution in [0.15, 0.2) is 77.4 Å². The SMILES string of the molecule is CC1=[C-]C(C)C(C)=C1C.[Cl-].[Cl-].[NH-]C(=O)C1CCCC1.[Zr+4].c1ccc([SiH]c2ccccc2)cc1. The Hall–Kier alpha value is -0.930. The summed E-state index contributed by atoms with van der Waals surface area (Å²) in [5.74, 6) is 0.294. The van der Waals surface area contributed by atoms with Gasteiger partial charge in [-0.3, -0.25) is 6.08 Å². The Labute approximate surface area is 234 Å². The molecule has 33 heavy (non-hydrogen) atoms. The number of hydrogen-bond acceptors (Lipinski definition) is 1. The topological polar surface area (TPSA) is 40.9 Å². The number of benzene rings is 2. The average Bonchev–Trinajstić information content (AvgIpc) is 3.37. The predicted octanol–water partition coefficient (Wildman–Crippen LogP) is -0.443. The minimum Gasteiger partial charge on any atom is -1.00 e. The van der Waals surface area contributed by atoms with Gasteiger partial charge in [-0.05, 0) is 12.8 Å². The molecule has 4 rings (SSSR count). The number of amides is 1. The zero-order chi connectivity index (χ0) is 21.9. The third-order valence-corrected chi connectivity index (χ3v) is 7.33. The molecule has 6 heteroatoms. The predicted molar refractivity (Wildman–Crippen MR) is 131 cm³/mol. The number of halogens is 2. The van der Waals surface area contributed by atoms with Crippen LogP contribution in [0.4, 0.5) is 0 Å². The second-order valence-electron chi connectivity index (χ2n) is 8.11. The third kappa shape index (κ3) is 12.4. The Kier molecular flexibility index (Phi) is 19.1. The zero-order valence-electron chi connectivity index (χ0n) is 20.0. The summed E-state index contributed by atoms with van der Waals surface area (Å²) in [4.78, 5) is 10.3. The fourth-order valence-corrected chi connectivity index (χ4v) is 4.86. The fraction of sp³-hybridized carbons (Fsp3) is 0.370. The summed E-state index contributed by atoms with van der Waals surface area (Å²) in [6.45, 7) is 8.67. The van der Waals surface area contributed by atoms with Gasteiger partial charge in [0, 0.05) is 5.92 Å². The second-order valence-corrected chi connectivity index (χ2v) is 9.73. The van der Waals surface area contributed by atoms with Gasteiger partial charge in [0.2, 0.25) is 0 Å². The Morgan fingerprint density at radius 1 is 0.879 bits per heavy atom. The summed E-state index contributed by atoms with van der Waals surface area (Å²) < 4.78 is 0. The van der Waals surface area contributed by atoms with Crippen molar-refractivity contribution < 1.29 is 55.8 Å². The Morgan fingerprint density at radius 2 is 1.30 bits per heavy atom. The van der Waals surface area contributed by atoms with E-state index >= 15 is 0 Å². The van der Waals surface area contributed by atoms with Crippen molar-refractivity contribution in [2.45, 2.75) is 53.4 Å². The molecule has 1 N–H and O–H groups in total. The van der Waals surface area contributed by atoms with Crippen LogP contribution in [0.5, 0.6) is 0 Å². The first-order valence-electron chi connectivity index (χ1n) is 10.9. The van der Waals surface area contributed by atoms with Crippen molar-refractivity contribution in [2.24, 2.45) is 11.8 Å². The number of hydrogen-bond donors (Lipinski definition) is 0. The number of rotatable bonds is 3. The molecule has 1 amide bonds. The molecule has 2 aliphatic rings. The number of nitrogens with one attached hydrogen (secondary N) is 1. The van der Waals surface area contributed by atoms with Crippen LogP contribution in [0.1, 0.15) is 53.4 Å². The molecule has 0 heterocycles. The van der Waals surface area contributed by atoms with Crippen LogP contribution in [0.2, 0.25) is 0 Å². The molecule has 0 aliphatic heterocycles. The molecule has 175 valence electrons. The largest absolute Gasteiger partial charge is 4.00 e. The molecule has 1 fully saturated rings. The van der Waals surface area contributed by atoms with Gasteiger partial charge in [0.05, 0.1) is 5.91 Å². The van der Waals surface area contributed by atoms with Crippen LogP contribution in [0.3, 0.4) is 0 Å². The summed E-state index contributed by atoms with van der Waals surface area (Å²) in [7, 11) is 0.271. The van der Waals surface area contributed by atoms with E-state index in [2.05, 4.69) is 94.4 Å². The van der Waals surface area contributed by atoms with Gasteiger partial charge in [0.1, 0.15) is 9.52 Å². The van der Waals surface area contributed by atoms with Crippen LogP contribution in [-0.2, 0) is 31.0 Å². The van der Waals surface area contributed by atoms with Gasteiger partial charge in [0.25, 0.3) is 0 Å². The van der Waals surface area contributed by atoms with Crippen LogP contribution in [0, 0.1) is 17.9 Å². The molecule has 1 atom stereocenters. The van der Waals surface area contributed by atoms with Crippen molar-refractivity contribution in [3.05, 3.63) is 89.2 Å². The number of carbonyl (C=O) groups excluding carboxylic acids is 1. The van der Waals surface area contributed by atoms with E-state index in [-0.39, 0.29) is 72.4 Å². The van der Waals surface area contributed by atoms with Crippen LogP contribution >= 0.6 is 0 Å². The third-order valence-electron chi connectivity index (χ3n) is 5.89. The minimum absolute atomic E-state index is 0. The van der Waals surface area contributed by atoms with E-state index in [9.17, 15) is 4.79 Å². The van der Waals surface area contributed by atoms with E-state index in [1.54, 1.807) is 0 Å². The fourth-order valence-electron chi connectivity index (χ4n) is 3.64. The van der Waals surface area contributed by atoms with E-state index in [0.717, 1.165) is 25.7 Å². The van der Waals surface area contributed by atoms with Crippen molar-refractivity contribution in [1.82, 2.24) is 0 Å². The van der Waals surface area contributed by atoms with Gasteiger partial charge in [-0.2, -0.15) is 11.1 Å². The normalized spacial score (nSPS) is 16.5. The summed E-state index contributed by atoms with van der Waals surface area (Å²) >= 11 is 0. The molecule has 1 radical (unpaired) electrons. The van der Waals surface area contributed by atoms with Gasteiger partial charge < -0.3 is 35.3 Å².